The molecule has 13 heavy (non-hydrogen) atoms. The molecule has 74 valence electrons. The highest BCUT2D eigenvalue weighted by atomic mass is 16.5. The number of hydrogen-bond acceptors (Lipinski definition) is 1. The molecular weight excluding hydrogens is 160 g/mol. The first-order valence-corrected chi connectivity index (χ1v) is 5.39. The summed E-state index contributed by atoms with van der Waals surface area (Å²) in [6, 6.07) is 0. The van der Waals surface area contributed by atoms with E-state index in [9.17, 15) is 0 Å². The quantitative estimate of drug-likeness (QED) is 0.554. The van der Waals surface area contributed by atoms with Crippen molar-refractivity contribution >= 4 is 0 Å². The number of hydrogen-bond donors (Lipinski definition) is 0. The molecule has 2 atom stereocenters. The first-order chi connectivity index (χ1) is 6.06. The summed E-state index contributed by atoms with van der Waals surface area (Å²) in [6.07, 6.45) is 9.06. The van der Waals surface area contributed by atoms with Crippen LogP contribution in [0.3, 0.4) is 0 Å². The first kappa shape index (κ1) is 9.11. The normalized spacial score (nSPS) is 42.2. The lowest BCUT2D eigenvalue weighted by Crippen LogP contribution is -2.45. The monoisotopic (exact) mass is 180 g/mol. The van der Waals surface area contributed by atoms with Gasteiger partial charge in [0.2, 0.25) is 0 Å². The summed E-state index contributed by atoms with van der Waals surface area (Å²) in [6.45, 7) is 7.02. The number of rotatable bonds is 0. The standard InChI is InChI=1S/C12H20O/c1-10-5-7-12(9-10)11(2,3)6-4-8-13-12/h4,8,10H,5-7,9H2,1-3H3. The minimum absolute atomic E-state index is 0.154. The fourth-order valence-corrected chi connectivity index (χ4v) is 2.83. The maximum Gasteiger partial charge on any atom is 0.114 e. The van der Waals surface area contributed by atoms with Crippen molar-refractivity contribution in [1.29, 1.82) is 0 Å². The van der Waals surface area contributed by atoms with Gasteiger partial charge in [-0.25, -0.2) is 0 Å². The molecule has 0 aromatic rings. The van der Waals surface area contributed by atoms with E-state index < -0.39 is 0 Å². The molecule has 2 unspecified atom stereocenters. The van der Waals surface area contributed by atoms with E-state index >= 15 is 0 Å². The highest BCUT2D eigenvalue weighted by molar-refractivity contribution is 5.07. The third-order valence-corrected chi connectivity index (χ3v) is 3.97. The highest BCUT2D eigenvalue weighted by Gasteiger charge is 2.51. The van der Waals surface area contributed by atoms with E-state index in [-0.39, 0.29) is 5.60 Å². The van der Waals surface area contributed by atoms with Crippen LogP contribution in [0.5, 0.6) is 0 Å². The summed E-state index contributed by atoms with van der Waals surface area (Å²) in [5.74, 6) is 0.839. The molecule has 0 aromatic heterocycles. The topological polar surface area (TPSA) is 9.23 Å². The molecule has 2 rings (SSSR count). The van der Waals surface area contributed by atoms with Crippen LogP contribution in [0.25, 0.3) is 0 Å². The van der Waals surface area contributed by atoms with Gasteiger partial charge in [0.1, 0.15) is 5.60 Å². The third-order valence-electron chi connectivity index (χ3n) is 3.97. The van der Waals surface area contributed by atoms with Crippen LogP contribution in [0.1, 0.15) is 46.5 Å². The minimum Gasteiger partial charge on any atom is -0.495 e. The molecule has 0 saturated heterocycles. The Morgan fingerprint density at radius 1 is 1.38 bits per heavy atom. The van der Waals surface area contributed by atoms with E-state index in [0.29, 0.717) is 5.41 Å². The highest BCUT2D eigenvalue weighted by Crippen LogP contribution is 2.52. The molecule has 1 heterocycles. The molecule has 0 bridgehead atoms. The van der Waals surface area contributed by atoms with Gasteiger partial charge in [0.15, 0.2) is 0 Å². The Kier molecular flexibility index (Phi) is 1.94. The van der Waals surface area contributed by atoms with Crippen LogP contribution in [0.4, 0.5) is 0 Å². The Labute approximate surface area is 81.2 Å². The van der Waals surface area contributed by atoms with Crippen LogP contribution in [-0.4, -0.2) is 5.60 Å². The molecular formula is C12H20O. The van der Waals surface area contributed by atoms with Crippen molar-refractivity contribution in [3.8, 4) is 0 Å². The van der Waals surface area contributed by atoms with E-state index in [1.807, 2.05) is 6.26 Å². The molecule has 0 amide bonds. The maximum atomic E-state index is 5.93. The second-order valence-corrected chi connectivity index (χ2v) is 5.42. The lowest BCUT2D eigenvalue weighted by Gasteiger charge is -2.45. The fraction of sp³-hybridized carbons (Fsp3) is 0.833. The van der Waals surface area contributed by atoms with Gasteiger partial charge in [0, 0.05) is 5.41 Å². The summed E-state index contributed by atoms with van der Waals surface area (Å²) < 4.78 is 5.93. The molecule has 1 fully saturated rings. The van der Waals surface area contributed by atoms with E-state index in [4.69, 9.17) is 4.74 Å². The average Bonchev–Trinajstić information content (AvgIpc) is 2.41. The van der Waals surface area contributed by atoms with Crippen molar-refractivity contribution in [1.82, 2.24) is 0 Å². The zero-order valence-electron chi connectivity index (χ0n) is 8.97. The van der Waals surface area contributed by atoms with Crippen molar-refractivity contribution in [3.63, 3.8) is 0 Å². The van der Waals surface area contributed by atoms with Gasteiger partial charge in [0.25, 0.3) is 0 Å². The zero-order chi connectivity index (χ0) is 9.53. The Bertz CT molecular complexity index is 229. The molecule has 1 aliphatic carbocycles. The van der Waals surface area contributed by atoms with Gasteiger partial charge in [-0.2, -0.15) is 0 Å². The third kappa shape index (κ3) is 1.29. The summed E-state index contributed by atoms with van der Waals surface area (Å²) in [4.78, 5) is 0. The van der Waals surface area contributed by atoms with E-state index in [1.54, 1.807) is 0 Å². The van der Waals surface area contributed by atoms with Gasteiger partial charge in [0.05, 0.1) is 6.26 Å². The zero-order valence-corrected chi connectivity index (χ0v) is 8.97. The van der Waals surface area contributed by atoms with Gasteiger partial charge in [-0.1, -0.05) is 20.8 Å². The van der Waals surface area contributed by atoms with Crippen LogP contribution in [0.2, 0.25) is 0 Å². The van der Waals surface area contributed by atoms with Crippen molar-refractivity contribution in [3.05, 3.63) is 12.3 Å². The Hall–Kier alpha value is -0.460. The van der Waals surface area contributed by atoms with Crippen molar-refractivity contribution < 1.29 is 4.74 Å². The Balaban J connectivity index is 2.25. The van der Waals surface area contributed by atoms with Crippen LogP contribution >= 0.6 is 0 Å². The van der Waals surface area contributed by atoms with Crippen LogP contribution in [-0.2, 0) is 4.74 Å². The minimum atomic E-state index is 0.154. The summed E-state index contributed by atoms with van der Waals surface area (Å²) in [5.41, 5.74) is 0.480. The number of ether oxygens (including phenoxy) is 1. The lowest BCUT2D eigenvalue weighted by molar-refractivity contribution is -0.0846. The smallest absolute Gasteiger partial charge is 0.114 e. The van der Waals surface area contributed by atoms with E-state index in [1.165, 1.54) is 25.7 Å². The van der Waals surface area contributed by atoms with E-state index in [0.717, 1.165) is 5.92 Å². The predicted octanol–water partition coefficient (Wildman–Crippen LogP) is 3.51. The van der Waals surface area contributed by atoms with Crippen molar-refractivity contribution in [2.24, 2.45) is 11.3 Å². The summed E-state index contributed by atoms with van der Waals surface area (Å²) >= 11 is 0. The van der Waals surface area contributed by atoms with Crippen molar-refractivity contribution in [2.75, 3.05) is 0 Å². The van der Waals surface area contributed by atoms with Gasteiger partial charge in [-0.15, -0.1) is 0 Å². The second-order valence-electron chi connectivity index (χ2n) is 5.42. The van der Waals surface area contributed by atoms with Crippen LogP contribution < -0.4 is 0 Å². The largest absolute Gasteiger partial charge is 0.495 e. The Morgan fingerprint density at radius 3 is 2.69 bits per heavy atom. The van der Waals surface area contributed by atoms with Gasteiger partial charge in [-0.05, 0) is 37.7 Å². The summed E-state index contributed by atoms with van der Waals surface area (Å²) in [5, 5.41) is 0. The predicted molar refractivity (Wildman–Crippen MR) is 54.4 cm³/mol. The van der Waals surface area contributed by atoms with Gasteiger partial charge < -0.3 is 4.74 Å². The molecule has 1 heteroatoms. The van der Waals surface area contributed by atoms with E-state index in [2.05, 4.69) is 26.8 Å². The molecule has 0 aromatic carbocycles. The Morgan fingerprint density at radius 2 is 2.15 bits per heavy atom. The molecule has 1 saturated carbocycles. The number of allylic oxidation sites excluding steroid dienone is 1. The second kappa shape index (κ2) is 2.76. The SMILES string of the molecule is CC1CCC2(C1)OC=CCC2(C)C. The summed E-state index contributed by atoms with van der Waals surface area (Å²) in [7, 11) is 0. The fourth-order valence-electron chi connectivity index (χ4n) is 2.83. The molecule has 1 nitrogen and oxygen atoms in total. The lowest BCUT2D eigenvalue weighted by atomic mass is 9.70. The van der Waals surface area contributed by atoms with Crippen LogP contribution in [0.15, 0.2) is 12.3 Å². The molecule has 0 N–H and O–H groups in total. The van der Waals surface area contributed by atoms with Gasteiger partial charge in [-0.3, -0.25) is 0 Å². The molecule has 1 spiro atoms. The first-order valence-electron chi connectivity index (χ1n) is 5.39. The van der Waals surface area contributed by atoms with Gasteiger partial charge >= 0.3 is 0 Å². The molecule has 1 aliphatic heterocycles. The molecule has 2 aliphatic rings. The molecule has 0 radical (unpaired) electrons. The van der Waals surface area contributed by atoms with Crippen LogP contribution in [0, 0.1) is 11.3 Å². The van der Waals surface area contributed by atoms with Crippen molar-refractivity contribution in [2.45, 2.75) is 52.1 Å². The maximum absolute atomic E-state index is 5.93. The average molecular weight is 180 g/mol.